The van der Waals surface area contributed by atoms with Crippen LogP contribution in [0.15, 0.2) is 93.6 Å². The molecule has 0 saturated carbocycles. The van der Waals surface area contributed by atoms with E-state index in [0.717, 1.165) is 32.3 Å². The molecule has 6 heteroatoms. The second kappa shape index (κ2) is 7.59. The molecule has 0 aliphatic carbocycles. The molecule has 0 bridgehead atoms. The van der Waals surface area contributed by atoms with Gasteiger partial charge in [0.25, 0.3) is 0 Å². The van der Waals surface area contributed by atoms with Gasteiger partial charge in [-0.3, -0.25) is 0 Å². The summed E-state index contributed by atoms with van der Waals surface area (Å²) in [6.45, 7) is 0. The van der Waals surface area contributed by atoms with Crippen molar-refractivity contribution in [2.24, 2.45) is 0 Å². The Bertz CT molecular complexity index is 1750. The second-order valence-corrected chi connectivity index (χ2v) is 8.55. The number of aromatic amines is 1. The van der Waals surface area contributed by atoms with Gasteiger partial charge in [-0.1, -0.05) is 42.5 Å². The van der Waals surface area contributed by atoms with E-state index >= 15 is 0 Å². The summed E-state index contributed by atoms with van der Waals surface area (Å²) < 4.78 is 5.57. The van der Waals surface area contributed by atoms with Crippen LogP contribution in [-0.2, 0) is 0 Å². The van der Waals surface area contributed by atoms with Crippen LogP contribution in [0.1, 0.15) is 5.56 Å². The van der Waals surface area contributed by atoms with Crippen LogP contribution in [-0.4, -0.2) is 9.97 Å². The van der Waals surface area contributed by atoms with E-state index in [4.69, 9.17) is 9.40 Å². The van der Waals surface area contributed by atoms with E-state index in [-0.39, 0.29) is 0 Å². The maximum atomic E-state index is 12.9. The normalized spacial score (nSPS) is 11.1. The largest absolute Gasteiger partial charge is 0.422 e. The lowest BCUT2D eigenvalue weighted by Crippen LogP contribution is -2.05. The second-order valence-electron chi connectivity index (χ2n) is 7.60. The lowest BCUT2D eigenvalue weighted by Gasteiger charge is -2.11. The number of rotatable bonds is 3. The SMILES string of the molecule is N#Cc1c(-c2cccs2)cc(-c2cc3ccccc3oc2=O)nc1-c1c[nH]c2ccccc12. The molecule has 0 unspecified atom stereocenters. The highest BCUT2D eigenvalue weighted by molar-refractivity contribution is 7.13. The summed E-state index contributed by atoms with van der Waals surface area (Å²) in [6.07, 6.45) is 1.86. The highest BCUT2D eigenvalue weighted by atomic mass is 32.1. The molecule has 4 heterocycles. The number of H-pyrrole nitrogens is 1. The maximum Gasteiger partial charge on any atom is 0.345 e. The number of nitrogens with zero attached hydrogens (tertiary/aromatic N) is 2. The predicted molar refractivity (Wildman–Crippen MR) is 131 cm³/mol. The van der Waals surface area contributed by atoms with Gasteiger partial charge in [0, 0.05) is 38.5 Å². The molecule has 6 rings (SSSR count). The van der Waals surface area contributed by atoms with E-state index in [1.54, 1.807) is 12.1 Å². The smallest absolute Gasteiger partial charge is 0.345 e. The van der Waals surface area contributed by atoms with Gasteiger partial charge >= 0.3 is 5.63 Å². The van der Waals surface area contributed by atoms with Gasteiger partial charge in [0.15, 0.2) is 0 Å². The number of nitriles is 1. The Kier molecular flexibility index (Phi) is 4.42. The zero-order valence-electron chi connectivity index (χ0n) is 17.2. The van der Waals surface area contributed by atoms with E-state index < -0.39 is 5.63 Å². The fourth-order valence-electron chi connectivity index (χ4n) is 4.13. The van der Waals surface area contributed by atoms with Crippen molar-refractivity contribution in [3.8, 4) is 39.0 Å². The molecule has 33 heavy (non-hydrogen) atoms. The van der Waals surface area contributed by atoms with Crippen LogP contribution in [0.3, 0.4) is 0 Å². The van der Waals surface area contributed by atoms with Gasteiger partial charge in [-0.05, 0) is 35.7 Å². The van der Waals surface area contributed by atoms with Gasteiger partial charge in [0.05, 0.1) is 22.5 Å². The first-order valence-electron chi connectivity index (χ1n) is 10.3. The minimum absolute atomic E-state index is 0.358. The van der Waals surface area contributed by atoms with Crippen LogP contribution in [0.25, 0.3) is 54.8 Å². The van der Waals surface area contributed by atoms with Gasteiger partial charge in [-0.15, -0.1) is 11.3 Å². The van der Waals surface area contributed by atoms with E-state index in [0.29, 0.717) is 28.1 Å². The number of aromatic nitrogens is 2. The molecular weight excluding hydrogens is 430 g/mol. The lowest BCUT2D eigenvalue weighted by atomic mass is 9.97. The minimum atomic E-state index is -0.465. The lowest BCUT2D eigenvalue weighted by molar-refractivity contribution is 0.563. The number of pyridine rings is 1. The van der Waals surface area contributed by atoms with Gasteiger partial charge in [0.1, 0.15) is 11.7 Å². The number of thiophene rings is 1. The zero-order chi connectivity index (χ0) is 22.4. The molecule has 4 aromatic heterocycles. The Balaban J connectivity index is 1.70. The highest BCUT2D eigenvalue weighted by Gasteiger charge is 2.21. The van der Waals surface area contributed by atoms with E-state index in [1.807, 2.05) is 72.2 Å². The van der Waals surface area contributed by atoms with Crippen LogP contribution >= 0.6 is 11.3 Å². The van der Waals surface area contributed by atoms with Crippen LogP contribution in [0.2, 0.25) is 0 Å². The quantitative estimate of drug-likeness (QED) is 0.311. The Labute approximate surface area is 192 Å². The topological polar surface area (TPSA) is 82.7 Å². The number of nitrogens with one attached hydrogen (secondary N) is 1. The van der Waals surface area contributed by atoms with Crippen molar-refractivity contribution in [3.63, 3.8) is 0 Å². The standard InChI is InChI=1S/C27H15N3O2S/c28-14-20-18(25-10-5-11-33-25)13-23(19-12-16-6-1-4-9-24(16)32-27(19)31)30-26(20)21-15-29-22-8-3-2-7-17(21)22/h1-13,15,29H. The van der Waals surface area contributed by atoms with Gasteiger partial charge in [-0.2, -0.15) is 5.26 Å². The van der Waals surface area contributed by atoms with Crippen LogP contribution in [0.4, 0.5) is 0 Å². The number of fused-ring (bicyclic) bond motifs is 2. The first-order valence-corrected chi connectivity index (χ1v) is 11.2. The van der Waals surface area contributed by atoms with Crippen LogP contribution in [0.5, 0.6) is 0 Å². The summed E-state index contributed by atoms with van der Waals surface area (Å²) in [5.41, 5.74) is 4.39. The zero-order valence-corrected chi connectivity index (χ0v) is 18.0. The summed E-state index contributed by atoms with van der Waals surface area (Å²) in [6, 6.07) is 25.1. The highest BCUT2D eigenvalue weighted by Crippen LogP contribution is 2.38. The summed E-state index contributed by atoms with van der Waals surface area (Å²) in [7, 11) is 0. The minimum Gasteiger partial charge on any atom is -0.422 e. The molecule has 0 atom stereocenters. The molecule has 6 aromatic rings. The van der Waals surface area contributed by atoms with Crippen molar-refractivity contribution in [3.05, 3.63) is 100 Å². The fourth-order valence-corrected chi connectivity index (χ4v) is 4.87. The van der Waals surface area contributed by atoms with Crippen molar-refractivity contribution in [2.75, 3.05) is 0 Å². The number of hydrogen-bond donors (Lipinski definition) is 1. The molecular formula is C27H15N3O2S. The predicted octanol–water partition coefficient (Wildman–Crippen LogP) is 6.60. The summed E-state index contributed by atoms with van der Waals surface area (Å²) in [4.78, 5) is 22.0. The van der Waals surface area contributed by atoms with E-state index in [1.165, 1.54) is 11.3 Å². The monoisotopic (exact) mass is 445 g/mol. The molecule has 1 N–H and O–H groups in total. The molecule has 2 aromatic carbocycles. The first kappa shape index (κ1) is 19.2. The molecule has 5 nitrogen and oxygen atoms in total. The molecule has 0 radical (unpaired) electrons. The van der Waals surface area contributed by atoms with Crippen molar-refractivity contribution in [1.82, 2.24) is 9.97 Å². The number of hydrogen-bond acceptors (Lipinski definition) is 5. The van der Waals surface area contributed by atoms with Gasteiger partial charge in [0.2, 0.25) is 0 Å². The fraction of sp³-hybridized carbons (Fsp3) is 0. The molecule has 0 fully saturated rings. The van der Waals surface area contributed by atoms with Crippen molar-refractivity contribution >= 4 is 33.2 Å². The Morgan fingerprint density at radius 1 is 0.939 bits per heavy atom. The van der Waals surface area contributed by atoms with E-state index in [2.05, 4.69) is 11.1 Å². The summed E-state index contributed by atoms with van der Waals surface area (Å²) >= 11 is 1.54. The van der Waals surface area contributed by atoms with E-state index in [9.17, 15) is 10.1 Å². The molecule has 0 saturated heterocycles. The molecule has 0 aliphatic heterocycles. The summed E-state index contributed by atoms with van der Waals surface area (Å²) in [5, 5.41) is 13.9. The third-order valence-corrected chi connectivity index (χ3v) is 6.58. The van der Waals surface area contributed by atoms with Crippen LogP contribution < -0.4 is 5.63 Å². The molecule has 156 valence electrons. The molecule has 0 spiro atoms. The van der Waals surface area contributed by atoms with Crippen molar-refractivity contribution < 1.29 is 4.42 Å². The number of benzene rings is 2. The van der Waals surface area contributed by atoms with Crippen molar-refractivity contribution in [2.45, 2.75) is 0 Å². The Morgan fingerprint density at radius 2 is 1.79 bits per heavy atom. The Hall–Kier alpha value is -4.47. The molecule has 0 amide bonds. The molecule has 0 aliphatic rings. The third-order valence-electron chi connectivity index (χ3n) is 5.68. The maximum absolute atomic E-state index is 12.9. The third kappa shape index (κ3) is 3.15. The Morgan fingerprint density at radius 3 is 2.64 bits per heavy atom. The van der Waals surface area contributed by atoms with Gasteiger partial charge < -0.3 is 9.40 Å². The first-order chi connectivity index (χ1) is 16.2. The number of para-hydroxylation sites is 2. The average Bonchev–Trinajstić information content (AvgIpc) is 3.53. The summed E-state index contributed by atoms with van der Waals surface area (Å²) in [5.74, 6) is 0. The average molecular weight is 446 g/mol. The van der Waals surface area contributed by atoms with Gasteiger partial charge in [-0.25, -0.2) is 9.78 Å². The van der Waals surface area contributed by atoms with Crippen LogP contribution in [0, 0.1) is 11.3 Å². The van der Waals surface area contributed by atoms with Crippen molar-refractivity contribution in [1.29, 1.82) is 5.26 Å².